The second-order valence-electron chi connectivity index (χ2n) is 7.19. The number of fused-ring (bicyclic) bond motifs is 5. The molecule has 1 aromatic rings. The summed E-state index contributed by atoms with van der Waals surface area (Å²) in [7, 11) is 2.33. The molecule has 0 saturated heterocycles. The van der Waals surface area contributed by atoms with Crippen molar-refractivity contribution in [2.45, 2.75) is 44.6 Å². The van der Waals surface area contributed by atoms with E-state index in [1.807, 2.05) is 6.08 Å². The van der Waals surface area contributed by atoms with Crippen molar-refractivity contribution in [1.82, 2.24) is 0 Å². The fraction of sp³-hybridized carbons (Fsp3) is 0.556. The van der Waals surface area contributed by atoms with E-state index in [0.717, 1.165) is 18.6 Å². The smallest absolute Gasteiger partial charge is 0.122 e. The minimum absolute atomic E-state index is 0.0712. The zero-order valence-corrected chi connectivity index (χ0v) is 13.6. The van der Waals surface area contributed by atoms with Gasteiger partial charge >= 0.3 is 0 Å². The standard InChI is InChI=1S/C18H23O2P/c1-18-9-8-14-13-5-3-12(20-21)10-11(13)2-4-15(14)16(18)6-7-17(18)19/h3,5-7,10,14-17,19H,2,4,8-9,21H2,1H3/t14?,15?,16?,17-,18?/m0/s1. The van der Waals surface area contributed by atoms with Gasteiger partial charge in [0.2, 0.25) is 0 Å². The van der Waals surface area contributed by atoms with Crippen LogP contribution in [-0.4, -0.2) is 11.2 Å². The van der Waals surface area contributed by atoms with Gasteiger partial charge in [-0.05, 0) is 66.7 Å². The predicted octanol–water partition coefficient (Wildman–Crippen LogP) is 3.85. The van der Waals surface area contributed by atoms with Crippen LogP contribution >= 0.6 is 9.47 Å². The molecule has 4 rings (SSSR count). The Bertz CT molecular complexity index is 597. The molecule has 0 aromatic heterocycles. The van der Waals surface area contributed by atoms with E-state index in [2.05, 4.69) is 40.7 Å². The van der Waals surface area contributed by atoms with E-state index in [1.54, 1.807) is 0 Å². The van der Waals surface area contributed by atoms with E-state index >= 15 is 0 Å². The van der Waals surface area contributed by atoms with Crippen LogP contribution < -0.4 is 4.52 Å². The van der Waals surface area contributed by atoms with Crippen molar-refractivity contribution in [3.8, 4) is 5.75 Å². The lowest BCUT2D eigenvalue weighted by Gasteiger charge is -2.50. The van der Waals surface area contributed by atoms with Gasteiger partial charge in [-0.2, -0.15) is 0 Å². The van der Waals surface area contributed by atoms with Gasteiger partial charge in [-0.15, -0.1) is 0 Å². The Morgan fingerprint density at radius 3 is 2.95 bits per heavy atom. The van der Waals surface area contributed by atoms with Gasteiger partial charge in [-0.25, -0.2) is 0 Å². The Morgan fingerprint density at radius 2 is 2.14 bits per heavy atom. The molecule has 6 atom stereocenters. The van der Waals surface area contributed by atoms with Gasteiger partial charge in [-0.3, -0.25) is 0 Å². The summed E-state index contributed by atoms with van der Waals surface area (Å²) >= 11 is 0. The summed E-state index contributed by atoms with van der Waals surface area (Å²) in [6, 6.07) is 6.55. The molecule has 0 aliphatic heterocycles. The summed E-state index contributed by atoms with van der Waals surface area (Å²) in [5.74, 6) is 2.82. The number of hydrogen-bond acceptors (Lipinski definition) is 2. The van der Waals surface area contributed by atoms with Crippen LogP contribution in [0.1, 0.15) is 43.2 Å². The topological polar surface area (TPSA) is 29.5 Å². The van der Waals surface area contributed by atoms with Crippen molar-refractivity contribution in [3.63, 3.8) is 0 Å². The maximum Gasteiger partial charge on any atom is 0.122 e. The number of allylic oxidation sites excluding steroid dienone is 1. The van der Waals surface area contributed by atoms with Crippen LogP contribution in [-0.2, 0) is 6.42 Å². The zero-order chi connectivity index (χ0) is 14.6. The highest BCUT2D eigenvalue weighted by atomic mass is 31.0. The predicted molar refractivity (Wildman–Crippen MR) is 87.3 cm³/mol. The maximum absolute atomic E-state index is 10.3. The Kier molecular flexibility index (Phi) is 3.17. The van der Waals surface area contributed by atoms with Crippen molar-refractivity contribution in [3.05, 3.63) is 41.5 Å². The van der Waals surface area contributed by atoms with E-state index in [1.165, 1.54) is 24.0 Å². The van der Waals surface area contributed by atoms with E-state index in [-0.39, 0.29) is 11.5 Å². The summed E-state index contributed by atoms with van der Waals surface area (Å²) in [6.45, 7) is 2.28. The molecule has 0 radical (unpaired) electrons. The molecular weight excluding hydrogens is 279 g/mol. The lowest BCUT2D eigenvalue weighted by atomic mass is 9.55. The molecule has 3 aliphatic rings. The van der Waals surface area contributed by atoms with E-state index in [0.29, 0.717) is 17.8 Å². The fourth-order valence-corrected chi connectivity index (χ4v) is 5.21. The number of aliphatic hydroxyl groups is 1. The first-order chi connectivity index (χ1) is 10.1. The third kappa shape index (κ3) is 1.92. The molecule has 0 bridgehead atoms. The Balaban J connectivity index is 1.70. The summed E-state index contributed by atoms with van der Waals surface area (Å²) in [5, 5.41) is 10.3. The van der Waals surface area contributed by atoms with Gasteiger partial charge in [0.05, 0.1) is 15.6 Å². The number of aliphatic hydroxyl groups excluding tert-OH is 1. The van der Waals surface area contributed by atoms with Crippen molar-refractivity contribution in [2.24, 2.45) is 17.3 Å². The van der Waals surface area contributed by atoms with Gasteiger partial charge in [0.25, 0.3) is 0 Å². The minimum atomic E-state index is -0.252. The van der Waals surface area contributed by atoms with Gasteiger partial charge in [0.15, 0.2) is 0 Å². The van der Waals surface area contributed by atoms with Gasteiger partial charge in [0, 0.05) is 5.41 Å². The largest absolute Gasteiger partial charge is 0.480 e. The molecule has 5 unspecified atom stereocenters. The average molecular weight is 302 g/mol. The van der Waals surface area contributed by atoms with Crippen molar-refractivity contribution >= 4 is 9.47 Å². The van der Waals surface area contributed by atoms with Gasteiger partial charge in [0.1, 0.15) is 5.75 Å². The van der Waals surface area contributed by atoms with Crippen LogP contribution in [0.5, 0.6) is 5.75 Å². The number of aryl methyl sites for hydroxylation is 1. The van der Waals surface area contributed by atoms with Gasteiger partial charge < -0.3 is 9.63 Å². The fourth-order valence-electron chi connectivity index (χ4n) is 5.06. The maximum atomic E-state index is 10.3. The van der Waals surface area contributed by atoms with E-state index in [4.69, 9.17) is 4.52 Å². The Hall–Kier alpha value is -0.850. The summed E-state index contributed by atoms with van der Waals surface area (Å²) in [4.78, 5) is 0. The first kappa shape index (κ1) is 13.8. The van der Waals surface area contributed by atoms with Crippen LogP contribution in [0.15, 0.2) is 30.4 Å². The zero-order valence-electron chi connectivity index (χ0n) is 12.5. The van der Waals surface area contributed by atoms with Crippen LogP contribution in [0.2, 0.25) is 0 Å². The first-order valence-electron chi connectivity index (χ1n) is 7.99. The first-order valence-corrected chi connectivity index (χ1v) is 8.46. The molecule has 3 aliphatic carbocycles. The third-order valence-electron chi connectivity index (χ3n) is 6.31. The normalized spacial score (nSPS) is 40.3. The van der Waals surface area contributed by atoms with Crippen LogP contribution in [0, 0.1) is 17.3 Å². The molecule has 112 valence electrons. The molecule has 1 N–H and O–H groups in total. The average Bonchev–Trinajstić information content (AvgIpc) is 2.82. The summed E-state index contributed by atoms with van der Waals surface area (Å²) in [6.07, 6.45) is 8.77. The van der Waals surface area contributed by atoms with Crippen LogP contribution in [0.3, 0.4) is 0 Å². The highest BCUT2D eigenvalue weighted by molar-refractivity contribution is 7.10. The van der Waals surface area contributed by atoms with Crippen LogP contribution in [0.4, 0.5) is 0 Å². The van der Waals surface area contributed by atoms with Crippen molar-refractivity contribution < 1.29 is 9.63 Å². The van der Waals surface area contributed by atoms with E-state index < -0.39 is 0 Å². The molecule has 0 spiro atoms. The summed E-state index contributed by atoms with van der Waals surface area (Å²) in [5.41, 5.74) is 3.05. The Labute approximate surface area is 128 Å². The van der Waals surface area contributed by atoms with Crippen LogP contribution in [0.25, 0.3) is 0 Å². The molecule has 1 aromatic carbocycles. The van der Waals surface area contributed by atoms with Crippen molar-refractivity contribution in [2.75, 3.05) is 0 Å². The molecule has 0 heterocycles. The molecule has 21 heavy (non-hydrogen) atoms. The summed E-state index contributed by atoms with van der Waals surface area (Å²) < 4.78 is 5.29. The molecule has 1 saturated carbocycles. The highest BCUT2D eigenvalue weighted by Crippen LogP contribution is 2.58. The number of rotatable bonds is 1. The SMILES string of the molecule is CC12CCC3c4ccc(OP)cc4CCC3C1C=C[C@@H]2O. The quantitative estimate of drug-likeness (QED) is 0.631. The molecule has 2 nitrogen and oxygen atoms in total. The number of benzene rings is 1. The monoisotopic (exact) mass is 302 g/mol. The second-order valence-corrected chi connectivity index (χ2v) is 7.42. The third-order valence-corrected chi connectivity index (χ3v) is 6.58. The second kappa shape index (κ2) is 4.83. The number of hydrogen-bond donors (Lipinski definition) is 1. The lowest BCUT2D eigenvalue weighted by molar-refractivity contribution is -0.0101. The van der Waals surface area contributed by atoms with Crippen molar-refractivity contribution in [1.29, 1.82) is 0 Å². The lowest BCUT2D eigenvalue weighted by Crippen LogP contribution is -2.44. The van der Waals surface area contributed by atoms with E-state index in [9.17, 15) is 5.11 Å². The molecule has 0 amide bonds. The highest BCUT2D eigenvalue weighted by Gasteiger charge is 2.52. The molecule has 3 heteroatoms. The van der Waals surface area contributed by atoms with Gasteiger partial charge in [-0.1, -0.05) is 25.1 Å². The molecular formula is C18H23O2P. The minimum Gasteiger partial charge on any atom is -0.480 e. The Morgan fingerprint density at radius 1 is 1.29 bits per heavy atom. The molecule has 1 fully saturated rings.